The van der Waals surface area contributed by atoms with Crippen LogP contribution in [-0.4, -0.2) is 0 Å². The summed E-state index contributed by atoms with van der Waals surface area (Å²) in [6, 6.07) is 4.68. The Kier molecular flexibility index (Phi) is 3.82. The third-order valence-corrected chi connectivity index (χ3v) is 3.90. The van der Waals surface area contributed by atoms with E-state index < -0.39 is 5.82 Å². The molecule has 0 spiro atoms. The highest BCUT2D eigenvalue weighted by Gasteiger charge is 2.11. The quantitative estimate of drug-likeness (QED) is 0.892. The number of nitrogens with two attached hydrogens (primary N) is 1. The molecule has 4 heteroatoms. The average Bonchev–Trinajstić information content (AvgIpc) is 2.70. The molecule has 90 valence electrons. The molecule has 0 fully saturated rings. The first-order valence-electron chi connectivity index (χ1n) is 5.30. The van der Waals surface area contributed by atoms with Crippen LogP contribution in [0.5, 0.6) is 0 Å². The summed E-state index contributed by atoms with van der Waals surface area (Å²) < 4.78 is 13.0. The van der Waals surface area contributed by atoms with E-state index in [0.29, 0.717) is 6.42 Å². The summed E-state index contributed by atoms with van der Waals surface area (Å²) >= 11 is 7.38. The maximum absolute atomic E-state index is 13.0. The molecular weight excluding hydrogens is 257 g/mol. The van der Waals surface area contributed by atoms with Crippen LogP contribution < -0.4 is 5.73 Å². The van der Waals surface area contributed by atoms with Gasteiger partial charge in [0.1, 0.15) is 5.82 Å². The van der Waals surface area contributed by atoms with Crippen molar-refractivity contribution in [2.45, 2.75) is 19.4 Å². The minimum absolute atomic E-state index is 0.0669. The fourth-order valence-electron chi connectivity index (χ4n) is 1.78. The molecule has 0 aliphatic rings. The van der Waals surface area contributed by atoms with E-state index in [1.54, 1.807) is 23.5 Å². The van der Waals surface area contributed by atoms with E-state index >= 15 is 0 Å². The summed E-state index contributed by atoms with van der Waals surface area (Å²) in [5.41, 5.74) is 9.44. The molecule has 1 atom stereocenters. The molecule has 1 nitrogen and oxygen atoms in total. The van der Waals surface area contributed by atoms with Crippen LogP contribution in [0.4, 0.5) is 4.39 Å². The van der Waals surface area contributed by atoms with Gasteiger partial charge in [0.05, 0.1) is 5.02 Å². The maximum atomic E-state index is 13.0. The van der Waals surface area contributed by atoms with E-state index in [4.69, 9.17) is 17.3 Å². The largest absolute Gasteiger partial charge is 0.324 e. The second-order valence-electron chi connectivity index (χ2n) is 4.07. The Morgan fingerprint density at radius 3 is 2.76 bits per heavy atom. The van der Waals surface area contributed by atoms with Crippen molar-refractivity contribution >= 4 is 22.9 Å². The van der Waals surface area contributed by atoms with Gasteiger partial charge in [-0.1, -0.05) is 17.7 Å². The lowest BCUT2D eigenvalue weighted by atomic mass is 9.99. The molecule has 0 amide bonds. The van der Waals surface area contributed by atoms with E-state index in [1.807, 2.05) is 6.92 Å². The second-order valence-corrected chi connectivity index (χ2v) is 5.22. The Bertz CT molecular complexity index is 524. The molecule has 2 aromatic rings. The summed E-state index contributed by atoms with van der Waals surface area (Å²) in [6.45, 7) is 2.04. The maximum Gasteiger partial charge on any atom is 0.141 e. The topological polar surface area (TPSA) is 26.0 Å². The number of thiophene rings is 1. The van der Waals surface area contributed by atoms with Crippen molar-refractivity contribution in [3.63, 3.8) is 0 Å². The second kappa shape index (κ2) is 5.17. The van der Waals surface area contributed by atoms with Crippen molar-refractivity contribution < 1.29 is 4.39 Å². The zero-order chi connectivity index (χ0) is 12.4. The number of halogens is 2. The van der Waals surface area contributed by atoms with Crippen LogP contribution in [0.3, 0.4) is 0 Å². The molecule has 2 rings (SSSR count). The molecule has 0 saturated carbocycles. The van der Waals surface area contributed by atoms with Gasteiger partial charge in [-0.05, 0) is 52.9 Å². The zero-order valence-electron chi connectivity index (χ0n) is 9.41. The van der Waals surface area contributed by atoms with Gasteiger partial charge in [0, 0.05) is 6.04 Å². The van der Waals surface area contributed by atoms with Gasteiger partial charge in [-0.3, -0.25) is 0 Å². The van der Waals surface area contributed by atoms with E-state index in [1.165, 1.54) is 11.6 Å². The van der Waals surface area contributed by atoms with Gasteiger partial charge in [0.2, 0.25) is 0 Å². The van der Waals surface area contributed by atoms with Crippen molar-refractivity contribution in [3.8, 4) is 0 Å². The highest BCUT2D eigenvalue weighted by atomic mass is 35.5. The van der Waals surface area contributed by atoms with Crippen LogP contribution in [0.15, 0.2) is 29.0 Å². The van der Waals surface area contributed by atoms with Crippen LogP contribution >= 0.6 is 22.9 Å². The fourth-order valence-corrected chi connectivity index (χ4v) is 2.90. The molecule has 1 unspecified atom stereocenters. The first kappa shape index (κ1) is 12.6. The molecule has 17 heavy (non-hydrogen) atoms. The molecule has 0 radical (unpaired) electrons. The number of aryl methyl sites for hydroxylation is 1. The van der Waals surface area contributed by atoms with Crippen LogP contribution in [0, 0.1) is 12.7 Å². The van der Waals surface area contributed by atoms with Gasteiger partial charge < -0.3 is 5.73 Å². The predicted octanol–water partition coefficient (Wildman–Crippen LogP) is 4.09. The zero-order valence-corrected chi connectivity index (χ0v) is 11.0. The Labute approximate surface area is 109 Å². The van der Waals surface area contributed by atoms with Gasteiger partial charge in [-0.2, -0.15) is 11.3 Å². The van der Waals surface area contributed by atoms with Gasteiger partial charge in [-0.15, -0.1) is 0 Å². The minimum atomic E-state index is -0.393. The average molecular weight is 270 g/mol. The normalized spacial score (nSPS) is 12.7. The number of benzene rings is 1. The highest BCUT2D eigenvalue weighted by Crippen LogP contribution is 2.24. The van der Waals surface area contributed by atoms with E-state index in [2.05, 4.69) is 10.8 Å². The lowest BCUT2D eigenvalue weighted by Gasteiger charge is -2.12. The van der Waals surface area contributed by atoms with Crippen LogP contribution in [0.2, 0.25) is 5.02 Å². The standard InChI is InChI=1S/C13H13ClFNS/c1-8-6-17-7-10(8)13(16)5-9-2-3-12(15)11(14)4-9/h2-4,6-7,13H,5,16H2,1H3. The Balaban J connectivity index is 2.16. The summed E-state index contributed by atoms with van der Waals surface area (Å²) in [5, 5.41) is 4.29. The Morgan fingerprint density at radius 1 is 1.41 bits per heavy atom. The van der Waals surface area contributed by atoms with Gasteiger partial charge >= 0.3 is 0 Å². The predicted molar refractivity (Wildman–Crippen MR) is 71.1 cm³/mol. The molecule has 1 aromatic carbocycles. The summed E-state index contributed by atoms with van der Waals surface area (Å²) in [6.07, 6.45) is 0.664. The Hall–Kier alpha value is -0.900. The van der Waals surface area contributed by atoms with Crippen molar-refractivity contribution in [1.29, 1.82) is 0 Å². The molecule has 0 bridgehead atoms. The molecule has 1 heterocycles. The van der Waals surface area contributed by atoms with E-state index in [-0.39, 0.29) is 11.1 Å². The molecule has 0 saturated heterocycles. The molecule has 0 aliphatic carbocycles. The van der Waals surface area contributed by atoms with Crippen LogP contribution in [0.25, 0.3) is 0 Å². The van der Waals surface area contributed by atoms with Crippen molar-refractivity contribution in [2.24, 2.45) is 5.73 Å². The first-order valence-corrected chi connectivity index (χ1v) is 6.62. The van der Waals surface area contributed by atoms with Gasteiger partial charge in [-0.25, -0.2) is 4.39 Å². The minimum Gasteiger partial charge on any atom is -0.324 e. The lowest BCUT2D eigenvalue weighted by molar-refractivity contribution is 0.626. The van der Waals surface area contributed by atoms with E-state index in [9.17, 15) is 4.39 Å². The highest BCUT2D eigenvalue weighted by molar-refractivity contribution is 7.08. The fraction of sp³-hybridized carbons (Fsp3) is 0.231. The third-order valence-electron chi connectivity index (χ3n) is 2.73. The number of hydrogen-bond acceptors (Lipinski definition) is 2. The smallest absolute Gasteiger partial charge is 0.141 e. The molecule has 2 N–H and O–H groups in total. The van der Waals surface area contributed by atoms with E-state index in [0.717, 1.165) is 11.1 Å². The molecular formula is C13H13ClFNS. The summed E-state index contributed by atoms with van der Waals surface area (Å²) in [4.78, 5) is 0. The number of rotatable bonds is 3. The number of hydrogen-bond donors (Lipinski definition) is 1. The first-order chi connectivity index (χ1) is 8.08. The lowest BCUT2D eigenvalue weighted by Crippen LogP contribution is -2.13. The van der Waals surface area contributed by atoms with Crippen LogP contribution in [-0.2, 0) is 6.42 Å². The van der Waals surface area contributed by atoms with Crippen molar-refractivity contribution in [3.05, 3.63) is 56.5 Å². The van der Waals surface area contributed by atoms with Crippen molar-refractivity contribution in [1.82, 2.24) is 0 Å². The monoisotopic (exact) mass is 269 g/mol. The molecule has 1 aromatic heterocycles. The molecule has 0 aliphatic heterocycles. The van der Waals surface area contributed by atoms with Gasteiger partial charge in [0.15, 0.2) is 0 Å². The third kappa shape index (κ3) is 2.86. The van der Waals surface area contributed by atoms with Crippen molar-refractivity contribution in [2.75, 3.05) is 0 Å². The Morgan fingerprint density at radius 2 is 2.18 bits per heavy atom. The summed E-state index contributed by atoms with van der Waals surface area (Å²) in [5.74, 6) is -0.393. The SMILES string of the molecule is Cc1cscc1C(N)Cc1ccc(F)c(Cl)c1. The summed E-state index contributed by atoms with van der Waals surface area (Å²) in [7, 11) is 0. The van der Waals surface area contributed by atoms with Crippen LogP contribution in [0.1, 0.15) is 22.7 Å². The van der Waals surface area contributed by atoms with Gasteiger partial charge in [0.25, 0.3) is 0 Å².